The Morgan fingerprint density at radius 2 is 1.67 bits per heavy atom. The van der Waals surface area contributed by atoms with Gasteiger partial charge < -0.3 is 20.5 Å². The van der Waals surface area contributed by atoms with Crippen LogP contribution >= 0.6 is 0 Å². The van der Waals surface area contributed by atoms with Gasteiger partial charge in [-0.3, -0.25) is 0 Å². The lowest BCUT2D eigenvalue weighted by Gasteiger charge is -2.08. The molecule has 0 amide bonds. The molecule has 1 aromatic heterocycles. The number of anilines is 2. The van der Waals surface area contributed by atoms with Crippen LogP contribution < -0.4 is 20.5 Å². The van der Waals surface area contributed by atoms with E-state index < -0.39 is 0 Å². The number of ether oxygens (including phenoxy) is 2. The van der Waals surface area contributed by atoms with Crippen molar-refractivity contribution in [3.8, 4) is 17.4 Å². The lowest BCUT2D eigenvalue weighted by molar-refractivity contribution is 0.414. The van der Waals surface area contributed by atoms with Crippen LogP contribution in [0.5, 0.6) is 17.4 Å². The van der Waals surface area contributed by atoms with Crippen molar-refractivity contribution in [2.75, 3.05) is 18.2 Å². The standard InChI is InChI=1S/C18H18N4O2/c1-23-15-6-2-13(3-7-15)12-21-18-20-11-10-17(22-18)24-16-8-4-14(19)5-9-16/h2-11H,12,19H2,1H3,(H,20,21,22). The van der Waals surface area contributed by atoms with Gasteiger partial charge in [0.25, 0.3) is 0 Å². The summed E-state index contributed by atoms with van der Waals surface area (Å²) in [5, 5.41) is 3.17. The van der Waals surface area contributed by atoms with E-state index in [1.807, 2.05) is 24.3 Å². The Hall–Kier alpha value is -3.28. The molecule has 0 aliphatic carbocycles. The molecule has 1 heterocycles. The maximum Gasteiger partial charge on any atom is 0.226 e. The number of hydrogen-bond donors (Lipinski definition) is 2. The lowest BCUT2D eigenvalue weighted by atomic mass is 10.2. The predicted molar refractivity (Wildman–Crippen MR) is 93.3 cm³/mol. The van der Waals surface area contributed by atoms with Gasteiger partial charge in [-0.2, -0.15) is 4.98 Å². The van der Waals surface area contributed by atoms with E-state index in [2.05, 4.69) is 15.3 Å². The first-order valence-corrected chi connectivity index (χ1v) is 7.46. The zero-order valence-electron chi connectivity index (χ0n) is 13.3. The second-order valence-electron chi connectivity index (χ2n) is 5.09. The molecule has 0 unspecified atom stereocenters. The van der Waals surface area contributed by atoms with Crippen molar-refractivity contribution in [1.29, 1.82) is 0 Å². The number of methoxy groups -OCH3 is 1. The molecule has 24 heavy (non-hydrogen) atoms. The second kappa shape index (κ2) is 7.32. The zero-order valence-corrected chi connectivity index (χ0v) is 13.3. The van der Waals surface area contributed by atoms with Gasteiger partial charge in [0, 0.05) is 24.5 Å². The van der Waals surface area contributed by atoms with Gasteiger partial charge in [-0.05, 0) is 42.0 Å². The fraction of sp³-hybridized carbons (Fsp3) is 0.111. The smallest absolute Gasteiger partial charge is 0.226 e. The zero-order chi connectivity index (χ0) is 16.8. The fourth-order valence-corrected chi connectivity index (χ4v) is 2.07. The largest absolute Gasteiger partial charge is 0.497 e. The summed E-state index contributed by atoms with van der Waals surface area (Å²) in [4.78, 5) is 8.54. The third kappa shape index (κ3) is 4.13. The SMILES string of the molecule is COc1ccc(CNc2nccc(Oc3ccc(N)cc3)n2)cc1. The minimum Gasteiger partial charge on any atom is -0.497 e. The van der Waals surface area contributed by atoms with E-state index in [0.29, 0.717) is 29.8 Å². The minimum atomic E-state index is 0.465. The van der Waals surface area contributed by atoms with Gasteiger partial charge in [0.2, 0.25) is 11.8 Å². The van der Waals surface area contributed by atoms with Gasteiger partial charge in [-0.25, -0.2) is 4.98 Å². The summed E-state index contributed by atoms with van der Waals surface area (Å²) in [6, 6.07) is 16.6. The topological polar surface area (TPSA) is 82.3 Å². The quantitative estimate of drug-likeness (QED) is 0.676. The molecule has 6 nitrogen and oxygen atoms in total. The molecule has 0 radical (unpaired) electrons. The van der Waals surface area contributed by atoms with Crippen molar-refractivity contribution in [2.24, 2.45) is 0 Å². The maximum absolute atomic E-state index is 5.69. The second-order valence-corrected chi connectivity index (χ2v) is 5.09. The van der Waals surface area contributed by atoms with E-state index in [0.717, 1.165) is 11.3 Å². The Morgan fingerprint density at radius 3 is 2.38 bits per heavy atom. The van der Waals surface area contributed by atoms with Crippen molar-refractivity contribution >= 4 is 11.6 Å². The van der Waals surface area contributed by atoms with Gasteiger partial charge >= 0.3 is 0 Å². The van der Waals surface area contributed by atoms with Crippen LogP contribution in [0.3, 0.4) is 0 Å². The summed E-state index contributed by atoms with van der Waals surface area (Å²) in [7, 11) is 1.65. The van der Waals surface area contributed by atoms with Gasteiger partial charge in [-0.1, -0.05) is 12.1 Å². The third-order valence-electron chi connectivity index (χ3n) is 3.34. The molecule has 0 atom stereocenters. The highest BCUT2D eigenvalue weighted by Gasteiger charge is 2.02. The summed E-state index contributed by atoms with van der Waals surface area (Å²) in [6.45, 7) is 0.606. The van der Waals surface area contributed by atoms with Crippen LogP contribution in [0.15, 0.2) is 60.8 Å². The molecule has 3 aromatic rings. The molecule has 0 fully saturated rings. The molecule has 0 saturated carbocycles. The first kappa shape index (κ1) is 15.6. The Morgan fingerprint density at radius 1 is 0.958 bits per heavy atom. The number of nitrogens with zero attached hydrogens (tertiary/aromatic N) is 2. The molecule has 0 saturated heterocycles. The summed E-state index contributed by atoms with van der Waals surface area (Å²) in [5.41, 5.74) is 7.45. The van der Waals surface area contributed by atoms with Gasteiger partial charge in [0.15, 0.2) is 0 Å². The van der Waals surface area contributed by atoms with E-state index >= 15 is 0 Å². The molecule has 6 heteroatoms. The van der Waals surface area contributed by atoms with E-state index in [9.17, 15) is 0 Å². The molecule has 3 N–H and O–H groups in total. The van der Waals surface area contributed by atoms with E-state index in [1.165, 1.54) is 0 Å². The molecule has 3 rings (SSSR count). The Balaban J connectivity index is 1.63. The van der Waals surface area contributed by atoms with Gasteiger partial charge in [0.1, 0.15) is 11.5 Å². The maximum atomic E-state index is 5.69. The number of rotatable bonds is 6. The van der Waals surface area contributed by atoms with E-state index in [1.54, 1.807) is 43.6 Å². The van der Waals surface area contributed by atoms with E-state index in [-0.39, 0.29) is 0 Å². The Labute approximate surface area is 140 Å². The highest BCUT2D eigenvalue weighted by Crippen LogP contribution is 2.21. The molecule has 2 aromatic carbocycles. The first-order chi connectivity index (χ1) is 11.7. The fourth-order valence-electron chi connectivity index (χ4n) is 2.07. The van der Waals surface area contributed by atoms with Gasteiger partial charge in [-0.15, -0.1) is 0 Å². The summed E-state index contributed by atoms with van der Waals surface area (Å²) in [6.07, 6.45) is 1.65. The molecule has 0 aliphatic heterocycles. The number of nitrogen functional groups attached to an aromatic ring is 1. The van der Waals surface area contributed by atoms with Crippen molar-refractivity contribution < 1.29 is 9.47 Å². The van der Waals surface area contributed by atoms with Crippen LogP contribution in [0.2, 0.25) is 0 Å². The van der Waals surface area contributed by atoms with Crippen LogP contribution in [-0.4, -0.2) is 17.1 Å². The summed E-state index contributed by atoms with van der Waals surface area (Å²) in [5.74, 6) is 2.46. The lowest BCUT2D eigenvalue weighted by Crippen LogP contribution is -2.04. The van der Waals surface area contributed by atoms with Crippen molar-refractivity contribution in [3.63, 3.8) is 0 Å². The Bertz CT molecular complexity index is 789. The third-order valence-corrected chi connectivity index (χ3v) is 3.34. The van der Waals surface area contributed by atoms with Crippen molar-refractivity contribution in [1.82, 2.24) is 9.97 Å². The van der Waals surface area contributed by atoms with Crippen LogP contribution in [0, 0.1) is 0 Å². The number of nitrogens with two attached hydrogens (primary N) is 1. The van der Waals surface area contributed by atoms with Crippen LogP contribution in [0.4, 0.5) is 11.6 Å². The van der Waals surface area contributed by atoms with E-state index in [4.69, 9.17) is 15.2 Å². The Kier molecular flexibility index (Phi) is 4.76. The molecule has 0 spiro atoms. The summed E-state index contributed by atoms with van der Waals surface area (Å²) >= 11 is 0. The summed E-state index contributed by atoms with van der Waals surface area (Å²) < 4.78 is 10.8. The number of benzene rings is 2. The molecular formula is C18H18N4O2. The van der Waals surface area contributed by atoms with Crippen LogP contribution in [0.1, 0.15) is 5.56 Å². The number of hydrogen-bond acceptors (Lipinski definition) is 6. The van der Waals surface area contributed by atoms with Crippen LogP contribution in [-0.2, 0) is 6.54 Å². The number of aromatic nitrogens is 2. The van der Waals surface area contributed by atoms with Crippen molar-refractivity contribution in [3.05, 3.63) is 66.4 Å². The average Bonchev–Trinajstić information content (AvgIpc) is 2.63. The number of nitrogens with one attached hydrogen (secondary N) is 1. The van der Waals surface area contributed by atoms with Crippen molar-refractivity contribution in [2.45, 2.75) is 6.54 Å². The first-order valence-electron chi connectivity index (χ1n) is 7.46. The van der Waals surface area contributed by atoms with Crippen LogP contribution in [0.25, 0.3) is 0 Å². The highest BCUT2D eigenvalue weighted by atomic mass is 16.5. The normalized spacial score (nSPS) is 10.2. The average molecular weight is 322 g/mol. The minimum absolute atomic E-state index is 0.465. The highest BCUT2D eigenvalue weighted by molar-refractivity contribution is 5.42. The molecular weight excluding hydrogens is 304 g/mol. The predicted octanol–water partition coefficient (Wildman–Crippen LogP) is 3.47. The van der Waals surface area contributed by atoms with Gasteiger partial charge in [0.05, 0.1) is 7.11 Å². The molecule has 0 bridgehead atoms. The molecule has 0 aliphatic rings. The monoisotopic (exact) mass is 322 g/mol. The molecule has 122 valence electrons.